The Morgan fingerprint density at radius 2 is 2.06 bits per heavy atom. The summed E-state index contributed by atoms with van der Waals surface area (Å²) in [6.07, 6.45) is 5.23. The Morgan fingerprint density at radius 1 is 1.39 bits per heavy atom. The quantitative estimate of drug-likeness (QED) is 0.798. The standard InChI is InChI=1S/C14H15NO3/c1-3-9-15(4-2)13(16)10-11-7-5-6-8-12(11)14(17)18/h1,5-8H,4,9-10H2,2H3,(H,17,18). The van der Waals surface area contributed by atoms with Gasteiger partial charge in [0.2, 0.25) is 5.91 Å². The van der Waals surface area contributed by atoms with E-state index in [9.17, 15) is 9.59 Å². The number of benzene rings is 1. The fraction of sp³-hybridized carbons (Fsp3) is 0.286. The minimum Gasteiger partial charge on any atom is -0.478 e. The van der Waals surface area contributed by atoms with E-state index in [1.54, 1.807) is 18.2 Å². The highest BCUT2D eigenvalue weighted by molar-refractivity contribution is 5.91. The monoisotopic (exact) mass is 245 g/mol. The SMILES string of the molecule is C#CCN(CC)C(=O)Cc1ccccc1C(=O)O. The molecule has 0 aliphatic heterocycles. The molecule has 0 saturated carbocycles. The van der Waals surface area contributed by atoms with Gasteiger partial charge < -0.3 is 10.0 Å². The highest BCUT2D eigenvalue weighted by Crippen LogP contribution is 2.11. The van der Waals surface area contributed by atoms with Crippen molar-refractivity contribution >= 4 is 11.9 Å². The van der Waals surface area contributed by atoms with E-state index in [1.165, 1.54) is 11.0 Å². The van der Waals surface area contributed by atoms with Gasteiger partial charge in [-0.25, -0.2) is 4.79 Å². The Hall–Kier alpha value is -2.28. The number of rotatable bonds is 5. The average Bonchev–Trinajstić information content (AvgIpc) is 2.36. The largest absolute Gasteiger partial charge is 0.478 e. The lowest BCUT2D eigenvalue weighted by Gasteiger charge is -2.18. The van der Waals surface area contributed by atoms with Crippen molar-refractivity contribution in [1.82, 2.24) is 4.90 Å². The van der Waals surface area contributed by atoms with Gasteiger partial charge in [-0.3, -0.25) is 4.79 Å². The first-order chi connectivity index (χ1) is 8.60. The topological polar surface area (TPSA) is 57.6 Å². The van der Waals surface area contributed by atoms with E-state index in [4.69, 9.17) is 11.5 Å². The molecule has 1 N–H and O–H groups in total. The number of terminal acetylenes is 1. The molecule has 94 valence electrons. The molecular formula is C14H15NO3. The first kappa shape index (κ1) is 13.8. The number of carboxylic acid groups (broad SMARTS) is 1. The maximum Gasteiger partial charge on any atom is 0.335 e. The van der Waals surface area contributed by atoms with Crippen molar-refractivity contribution in [3.63, 3.8) is 0 Å². The first-order valence-electron chi connectivity index (χ1n) is 5.62. The first-order valence-corrected chi connectivity index (χ1v) is 5.62. The van der Waals surface area contributed by atoms with Gasteiger partial charge in [-0.1, -0.05) is 24.1 Å². The van der Waals surface area contributed by atoms with E-state index in [0.717, 1.165) is 0 Å². The van der Waals surface area contributed by atoms with Crippen molar-refractivity contribution < 1.29 is 14.7 Å². The minimum atomic E-state index is -1.03. The molecule has 1 amide bonds. The Bertz CT molecular complexity index is 488. The number of carbonyl (C=O) groups is 2. The molecule has 0 spiro atoms. The van der Waals surface area contributed by atoms with Crippen LogP contribution in [0.25, 0.3) is 0 Å². The normalized spacial score (nSPS) is 9.56. The summed E-state index contributed by atoms with van der Waals surface area (Å²) in [5.41, 5.74) is 0.660. The number of hydrogen-bond acceptors (Lipinski definition) is 2. The highest BCUT2D eigenvalue weighted by Gasteiger charge is 2.15. The maximum absolute atomic E-state index is 11.9. The molecule has 1 aromatic rings. The van der Waals surface area contributed by atoms with Crippen molar-refractivity contribution in [2.45, 2.75) is 13.3 Å². The number of carbonyl (C=O) groups excluding carboxylic acids is 1. The lowest BCUT2D eigenvalue weighted by Crippen LogP contribution is -2.32. The van der Waals surface area contributed by atoms with E-state index in [2.05, 4.69) is 5.92 Å². The lowest BCUT2D eigenvalue weighted by molar-refractivity contribution is -0.129. The zero-order chi connectivity index (χ0) is 13.5. The van der Waals surface area contributed by atoms with Gasteiger partial charge in [0.1, 0.15) is 0 Å². The van der Waals surface area contributed by atoms with Crippen LogP contribution in [0.5, 0.6) is 0 Å². The van der Waals surface area contributed by atoms with Gasteiger partial charge in [0.05, 0.1) is 18.5 Å². The van der Waals surface area contributed by atoms with Gasteiger partial charge in [0.15, 0.2) is 0 Å². The molecule has 18 heavy (non-hydrogen) atoms. The van der Waals surface area contributed by atoms with Crippen LogP contribution in [0.3, 0.4) is 0 Å². The average molecular weight is 245 g/mol. The maximum atomic E-state index is 11.9. The fourth-order valence-corrected chi connectivity index (χ4v) is 1.64. The van der Waals surface area contributed by atoms with Crippen LogP contribution < -0.4 is 0 Å². The molecule has 1 aromatic carbocycles. The number of likely N-dealkylation sites (N-methyl/N-ethyl adjacent to an activating group) is 1. The molecule has 0 heterocycles. The summed E-state index contributed by atoms with van der Waals surface area (Å²) in [5.74, 6) is 1.22. The zero-order valence-corrected chi connectivity index (χ0v) is 10.2. The Labute approximate surface area is 106 Å². The second-order valence-electron chi connectivity index (χ2n) is 3.75. The van der Waals surface area contributed by atoms with Crippen molar-refractivity contribution in [3.8, 4) is 12.3 Å². The molecule has 0 fully saturated rings. The summed E-state index contributed by atoms with van der Waals surface area (Å²) in [4.78, 5) is 24.5. The van der Waals surface area contributed by atoms with Crippen LogP contribution >= 0.6 is 0 Å². The number of carboxylic acids is 1. The van der Waals surface area contributed by atoms with E-state index < -0.39 is 5.97 Å². The van der Waals surface area contributed by atoms with Crippen LogP contribution in [-0.4, -0.2) is 35.0 Å². The fourth-order valence-electron chi connectivity index (χ4n) is 1.64. The second kappa shape index (κ2) is 6.45. The lowest BCUT2D eigenvalue weighted by atomic mass is 10.0. The summed E-state index contributed by atoms with van der Waals surface area (Å²) >= 11 is 0. The molecule has 1 rings (SSSR count). The Kier molecular flexibility index (Phi) is 4.94. The van der Waals surface area contributed by atoms with Crippen LogP contribution in [0, 0.1) is 12.3 Å². The molecule has 0 aliphatic rings. The molecule has 0 atom stereocenters. The Balaban J connectivity index is 2.88. The molecule has 0 bridgehead atoms. The molecule has 0 saturated heterocycles. The smallest absolute Gasteiger partial charge is 0.335 e. The van der Waals surface area contributed by atoms with Crippen LogP contribution in [0.2, 0.25) is 0 Å². The van der Waals surface area contributed by atoms with Gasteiger partial charge >= 0.3 is 5.97 Å². The summed E-state index contributed by atoms with van der Waals surface area (Å²) in [6, 6.07) is 6.48. The third-order valence-electron chi connectivity index (χ3n) is 2.61. The van der Waals surface area contributed by atoms with Gasteiger partial charge in [0.25, 0.3) is 0 Å². The summed E-state index contributed by atoms with van der Waals surface area (Å²) < 4.78 is 0. The molecule has 0 aromatic heterocycles. The highest BCUT2D eigenvalue weighted by atomic mass is 16.4. The number of hydrogen-bond donors (Lipinski definition) is 1. The van der Waals surface area contributed by atoms with Gasteiger partial charge in [-0.15, -0.1) is 6.42 Å². The third kappa shape index (κ3) is 3.36. The third-order valence-corrected chi connectivity index (χ3v) is 2.61. The van der Waals surface area contributed by atoms with Gasteiger partial charge in [0, 0.05) is 6.54 Å². The van der Waals surface area contributed by atoms with Crippen molar-refractivity contribution in [3.05, 3.63) is 35.4 Å². The number of aromatic carboxylic acids is 1. The van der Waals surface area contributed by atoms with Crippen molar-refractivity contribution in [2.75, 3.05) is 13.1 Å². The minimum absolute atomic E-state index is 0.0536. The van der Waals surface area contributed by atoms with Crippen LogP contribution in [0.4, 0.5) is 0 Å². The molecule has 4 nitrogen and oxygen atoms in total. The van der Waals surface area contributed by atoms with Crippen LogP contribution in [0.1, 0.15) is 22.8 Å². The molecular weight excluding hydrogens is 230 g/mol. The predicted octanol–water partition coefficient (Wildman–Crippen LogP) is 1.41. The van der Waals surface area contributed by atoms with E-state index in [1.807, 2.05) is 6.92 Å². The van der Waals surface area contributed by atoms with Crippen LogP contribution in [0.15, 0.2) is 24.3 Å². The molecule has 4 heteroatoms. The Morgan fingerprint density at radius 3 is 2.61 bits per heavy atom. The van der Waals surface area contributed by atoms with Gasteiger partial charge in [-0.2, -0.15) is 0 Å². The molecule has 0 aliphatic carbocycles. The number of amides is 1. The zero-order valence-electron chi connectivity index (χ0n) is 10.2. The molecule has 0 unspecified atom stereocenters. The summed E-state index contributed by atoms with van der Waals surface area (Å²) in [5, 5.41) is 9.02. The van der Waals surface area contributed by atoms with E-state index in [-0.39, 0.29) is 24.4 Å². The number of nitrogens with zero attached hydrogens (tertiary/aromatic N) is 1. The van der Waals surface area contributed by atoms with Crippen LogP contribution in [-0.2, 0) is 11.2 Å². The van der Waals surface area contributed by atoms with Crippen molar-refractivity contribution in [2.24, 2.45) is 0 Å². The predicted molar refractivity (Wildman–Crippen MR) is 68.2 cm³/mol. The van der Waals surface area contributed by atoms with E-state index in [0.29, 0.717) is 12.1 Å². The molecule has 0 radical (unpaired) electrons. The van der Waals surface area contributed by atoms with Gasteiger partial charge in [-0.05, 0) is 18.6 Å². The summed E-state index contributed by atoms with van der Waals surface area (Å²) in [6.45, 7) is 2.58. The van der Waals surface area contributed by atoms with E-state index >= 15 is 0 Å². The summed E-state index contributed by atoms with van der Waals surface area (Å²) in [7, 11) is 0. The van der Waals surface area contributed by atoms with Crippen molar-refractivity contribution in [1.29, 1.82) is 0 Å². The second-order valence-corrected chi connectivity index (χ2v) is 3.75.